The molecule has 0 radical (unpaired) electrons. The quantitative estimate of drug-likeness (QED) is 0.922. The van der Waals surface area contributed by atoms with Crippen LogP contribution in [-0.4, -0.2) is 11.5 Å². The summed E-state index contributed by atoms with van der Waals surface area (Å²) < 4.78 is 19.0. The zero-order chi connectivity index (χ0) is 17.3. The first-order valence-corrected chi connectivity index (χ1v) is 8.16. The van der Waals surface area contributed by atoms with Crippen molar-refractivity contribution >= 4 is 5.91 Å². The molecule has 1 N–H and O–H groups in total. The molecule has 1 unspecified atom stereocenters. The molecule has 0 aromatic heterocycles. The predicted octanol–water partition coefficient (Wildman–Crippen LogP) is 4.10. The standard InChI is InChI=1S/C20H22FNO2/c1-13-4-9-18-16(10-13)17(12-20(2,3)24-18)22-19(23)11-14-5-7-15(21)8-6-14/h4-10,17H,11-12H2,1-3H3,(H,22,23). The van der Waals surface area contributed by atoms with Crippen LogP contribution in [-0.2, 0) is 11.2 Å². The van der Waals surface area contributed by atoms with Crippen molar-refractivity contribution in [1.82, 2.24) is 5.32 Å². The molecular weight excluding hydrogens is 305 g/mol. The first-order valence-electron chi connectivity index (χ1n) is 8.16. The summed E-state index contributed by atoms with van der Waals surface area (Å²) in [6, 6.07) is 12.0. The molecule has 0 saturated carbocycles. The lowest BCUT2D eigenvalue weighted by Crippen LogP contribution is -2.41. The number of ether oxygens (including phenoxy) is 1. The number of carbonyl (C=O) groups is 1. The summed E-state index contributed by atoms with van der Waals surface area (Å²) in [5.74, 6) is 0.454. The van der Waals surface area contributed by atoms with E-state index in [0.29, 0.717) is 6.42 Å². The highest BCUT2D eigenvalue weighted by molar-refractivity contribution is 5.79. The maximum Gasteiger partial charge on any atom is 0.224 e. The fourth-order valence-corrected chi connectivity index (χ4v) is 3.14. The SMILES string of the molecule is Cc1ccc2c(c1)C(NC(=O)Cc1ccc(F)cc1)CC(C)(C)O2. The fourth-order valence-electron chi connectivity index (χ4n) is 3.14. The summed E-state index contributed by atoms with van der Waals surface area (Å²) in [6.45, 7) is 6.07. The second-order valence-electron chi connectivity index (χ2n) is 7.03. The zero-order valence-electron chi connectivity index (χ0n) is 14.2. The van der Waals surface area contributed by atoms with Crippen molar-refractivity contribution in [1.29, 1.82) is 0 Å². The summed E-state index contributed by atoms with van der Waals surface area (Å²) in [7, 11) is 0. The fraction of sp³-hybridized carbons (Fsp3) is 0.350. The van der Waals surface area contributed by atoms with Crippen LogP contribution in [0.4, 0.5) is 4.39 Å². The molecule has 1 aliphatic rings. The van der Waals surface area contributed by atoms with Crippen LogP contribution < -0.4 is 10.1 Å². The van der Waals surface area contributed by atoms with Crippen LogP contribution in [0.3, 0.4) is 0 Å². The van der Waals surface area contributed by atoms with Crippen LogP contribution in [0.25, 0.3) is 0 Å². The second kappa shape index (κ2) is 6.27. The molecule has 1 aliphatic heterocycles. The Morgan fingerprint density at radius 3 is 2.67 bits per heavy atom. The van der Waals surface area contributed by atoms with E-state index < -0.39 is 0 Å². The Hall–Kier alpha value is -2.36. The maximum atomic E-state index is 13.0. The molecule has 1 amide bonds. The number of nitrogens with one attached hydrogen (secondary N) is 1. The lowest BCUT2D eigenvalue weighted by Gasteiger charge is -2.38. The average Bonchev–Trinajstić information content (AvgIpc) is 2.49. The molecule has 126 valence electrons. The minimum absolute atomic E-state index is 0.0724. The van der Waals surface area contributed by atoms with E-state index in [1.807, 2.05) is 32.9 Å². The maximum absolute atomic E-state index is 13.0. The van der Waals surface area contributed by atoms with Gasteiger partial charge in [-0.3, -0.25) is 4.79 Å². The lowest BCUT2D eigenvalue weighted by atomic mass is 9.89. The molecule has 0 saturated heterocycles. The van der Waals surface area contributed by atoms with E-state index in [0.717, 1.165) is 22.4 Å². The number of rotatable bonds is 3. The average molecular weight is 327 g/mol. The molecule has 24 heavy (non-hydrogen) atoms. The molecule has 0 bridgehead atoms. The van der Waals surface area contributed by atoms with E-state index in [4.69, 9.17) is 4.74 Å². The van der Waals surface area contributed by atoms with Gasteiger partial charge in [-0.2, -0.15) is 0 Å². The van der Waals surface area contributed by atoms with Crippen LogP contribution in [0.2, 0.25) is 0 Å². The summed E-state index contributed by atoms with van der Waals surface area (Å²) in [4.78, 5) is 12.4. The highest BCUT2D eigenvalue weighted by Gasteiger charge is 2.34. The number of amides is 1. The van der Waals surface area contributed by atoms with Gasteiger partial charge >= 0.3 is 0 Å². The van der Waals surface area contributed by atoms with Crippen LogP contribution in [0.15, 0.2) is 42.5 Å². The summed E-state index contributed by atoms with van der Waals surface area (Å²) >= 11 is 0. The molecule has 2 aromatic carbocycles. The zero-order valence-corrected chi connectivity index (χ0v) is 14.2. The van der Waals surface area contributed by atoms with Gasteiger partial charge in [0.2, 0.25) is 5.91 Å². The monoisotopic (exact) mass is 327 g/mol. The van der Waals surface area contributed by atoms with E-state index in [2.05, 4.69) is 11.4 Å². The van der Waals surface area contributed by atoms with Gasteiger partial charge < -0.3 is 10.1 Å². The molecule has 2 aromatic rings. The Bertz CT molecular complexity index is 753. The molecule has 1 atom stereocenters. The minimum Gasteiger partial charge on any atom is -0.487 e. The van der Waals surface area contributed by atoms with E-state index >= 15 is 0 Å². The third-order valence-electron chi connectivity index (χ3n) is 4.24. The minimum atomic E-state index is -0.337. The van der Waals surface area contributed by atoms with Gasteiger partial charge in [0, 0.05) is 12.0 Å². The first kappa shape index (κ1) is 16.5. The number of hydrogen-bond donors (Lipinski definition) is 1. The van der Waals surface area contributed by atoms with Crippen LogP contribution in [0.5, 0.6) is 5.75 Å². The smallest absolute Gasteiger partial charge is 0.224 e. The van der Waals surface area contributed by atoms with Crippen molar-refractivity contribution in [3.63, 3.8) is 0 Å². The second-order valence-corrected chi connectivity index (χ2v) is 7.03. The van der Waals surface area contributed by atoms with E-state index in [9.17, 15) is 9.18 Å². The molecule has 0 fully saturated rings. The number of hydrogen-bond acceptors (Lipinski definition) is 2. The Labute approximate surface area is 141 Å². The molecule has 3 nitrogen and oxygen atoms in total. The molecule has 0 spiro atoms. The molecular formula is C20H22FNO2. The van der Waals surface area contributed by atoms with Crippen LogP contribution in [0, 0.1) is 12.7 Å². The van der Waals surface area contributed by atoms with Gasteiger partial charge in [0.05, 0.1) is 12.5 Å². The molecule has 3 rings (SSSR count). The predicted molar refractivity (Wildman–Crippen MR) is 91.5 cm³/mol. The van der Waals surface area contributed by atoms with Crippen molar-refractivity contribution in [3.05, 3.63) is 65.0 Å². The first-order chi connectivity index (χ1) is 11.3. The number of halogens is 1. The van der Waals surface area contributed by atoms with Crippen molar-refractivity contribution in [2.45, 2.75) is 45.3 Å². The number of aryl methyl sites for hydroxylation is 1. The largest absolute Gasteiger partial charge is 0.487 e. The third-order valence-corrected chi connectivity index (χ3v) is 4.24. The molecule has 0 aliphatic carbocycles. The topological polar surface area (TPSA) is 38.3 Å². The van der Waals surface area contributed by atoms with E-state index in [-0.39, 0.29) is 29.8 Å². The van der Waals surface area contributed by atoms with Crippen molar-refractivity contribution in [3.8, 4) is 5.75 Å². The van der Waals surface area contributed by atoms with Gasteiger partial charge in [-0.25, -0.2) is 4.39 Å². The number of fused-ring (bicyclic) bond motifs is 1. The van der Waals surface area contributed by atoms with E-state index in [1.165, 1.54) is 12.1 Å². The van der Waals surface area contributed by atoms with E-state index in [1.54, 1.807) is 12.1 Å². The highest BCUT2D eigenvalue weighted by atomic mass is 19.1. The highest BCUT2D eigenvalue weighted by Crippen LogP contribution is 2.39. The Morgan fingerprint density at radius 2 is 1.96 bits per heavy atom. The van der Waals surface area contributed by atoms with Gasteiger partial charge in [-0.15, -0.1) is 0 Å². The molecule has 1 heterocycles. The van der Waals surface area contributed by atoms with Gasteiger partial charge in [-0.1, -0.05) is 29.8 Å². The Morgan fingerprint density at radius 1 is 1.25 bits per heavy atom. The van der Waals surface area contributed by atoms with Crippen LogP contribution >= 0.6 is 0 Å². The van der Waals surface area contributed by atoms with Crippen molar-refractivity contribution < 1.29 is 13.9 Å². The van der Waals surface area contributed by atoms with Gasteiger partial charge in [-0.05, 0) is 44.5 Å². The summed E-state index contributed by atoms with van der Waals surface area (Å²) in [5.41, 5.74) is 2.61. The van der Waals surface area contributed by atoms with Crippen LogP contribution in [0.1, 0.15) is 43.0 Å². The van der Waals surface area contributed by atoms with Crippen molar-refractivity contribution in [2.24, 2.45) is 0 Å². The Kier molecular flexibility index (Phi) is 4.31. The number of carbonyl (C=O) groups excluding carboxylic acids is 1. The number of benzene rings is 2. The van der Waals surface area contributed by atoms with Gasteiger partial charge in [0.25, 0.3) is 0 Å². The summed E-state index contributed by atoms with van der Waals surface area (Å²) in [5, 5.41) is 3.11. The van der Waals surface area contributed by atoms with Crippen molar-refractivity contribution in [2.75, 3.05) is 0 Å². The lowest BCUT2D eigenvalue weighted by molar-refractivity contribution is -0.121. The van der Waals surface area contributed by atoms with Gasteiger partial charge in [0.1, 0.15) is 17.2 Å². The molecule has 4 heteroatoms. The normalized spacial score (nSPS) is 18.4. The third kappa shape index (κ3) is 3.75. The summed E-state index contributed by atoms with van der Waals surface area (Å²) in [6.07, 6.45) is 0.942. The van der Waals surface area contributed by atoms with Gasteiger partial charge in [0.15, 0.2) is 0 Å². The Balaban J connectivity index is 1.77.